The van der Waals surface area contributed by atoms with Crippen molar-refractivity contribution in [1.82, 2.24) is 5.32 Å². The molecule has 2 aromatic rings. The Bertz CT molecular complexity index is 821. The number of methoxy groups -OCH3 is 2. The number of hydrogen-bond donors (Lipinski definition) is 1. The van der Waals surface area contributed by atoms with Gasteiger partial charge in [-0.25, -0.2) is 9.59 Å². The van der Waals surface area contributed by atoms with Gasteiger partial charge in [0.2, 0.25) is 0 Å². The van der Waals surface area contributed by atoms with Gasteiger partial charge < -0.3 is 19.5 Å². The molecule has 0 unspecified atom stereocenters. The third-order valence-corrected chi connectivity index (χ3v) is 3.37. The molecule has 6 heteroatoms. The maximum Gasteiger partial charge on any atom is 0.408 e. The number of benzene rings is 2. The van der Waals surface area contributed by atoms with E-state index in [4.69, 9.17) is 9.47 Å². The van der Waals surface area contributed by atoms with Crippen molar-refractivity contribution in [3.05, 3.63) is 65.2 Å². The lowest BCUT2D eigenvalue weighted by Gasteiger charge is -2.06. The minimum atomic E-state index is -0.540. The van der Waals surface area contributed by atoms with Crippen LogP contribution in [0.15, 0.2) is 48.5 Å². The number of esters is 1. The fourth-order valence-corrected chi connectivity index (χ4v) is 2.08. The maximum absolute atomic E-state index is 11.6. The van der Waals surface area contributed by atoms with Gasteiger partial charge in [-0.15, -0.1) is 0 Å². The summed E-state index contributed by atoms with van der Waals surface area (Å²) in [7, 11) is 2.77. The van der Waals surface area contributed by atoms with Crippen LogP contribution in [-0.2, 0) is 16.1 Å². The number of nitrogens with one attached hydrogen (secondary N) is 1. The topological polar surface area (TPSA) is 73.9 Å². The molecule has 0 radical (unpaired) electrons. The highest BCUT2D eigenvalue weighted by atomic mass is 16.5. The molecular formula is C20H19NO5. The molecule has 0 aliphatic heterocycles. The Hall–Kier alpha value is -3.46. The van der Waals surface area contributed by atoms with Crippen molar-refractivity contribution < 1.29 is 23.8 Å². The molecule has 26 heavy (non-hydrogen) atoms. The van der Waals surface area contributed by atoms with Crippen molar-refractivity contribution in [2.45, 2.75) is 6.61 Å². The fraction of sp³-hybridized carbons (Fsp3) is 0.200. The maximum atomic E-state index is 11.6. The van der Waals surface area contributed by atoms with Gasteiger partial charge in [-0.05, 0) is 23.8 Å². The monoisotopic (exact) mass is 353 g/mol. The van der Waals surface area contributed by atoms with Gasteiger partial charge in [-0.1, -0.05) is 42.2 Å². The highest BCUT2D eigenvalue weighted by Crippen LogP contribution is 2.20. The third kappa shape index (κ3) is 5.56. The van der Waals surface area contributed by atoms with Gasteiger partial charge in [0.1, 0.15) is 17.9 Å². The minimum Gasteiger partial charge on any atom is -0.496 e. The quantitative estimate of drug-likeness (QED) is 0.661. The second-order valence-corrected chi connectivity index (χ2v) is 5.12. The Kier molecular flexibility index (Phi) is 7.07. The molecule has 0 heterocycles. The molecule has 0 bridgehead atoms. The van der Waals surface area contributed by atoms with Crippen molar-refractivity contribution in [1.29, 1.82) is 0 Å². The van der Waals surface area contributed by atoms with Crippen LogP contribution in [0.2, 0.25) is 0 Å². The van der Waals surface area contributed by atoms with Crippen LogP contribution >= 0.6 is 0 Å². The number of hydrogen-bond acceptors (Lipinski definition) is 5. The number of amides is 1. The summed E-state index contributed by atoms with van der Waals surface area (Å²) in [5.41, 5.74) is 1.88. The molecule has 0 aliphatic rings. The second-order valence-electron chi connectivity index (χ2n) is 5.12. The van der Waals surface area contributed by atoms with Crippen molar-refractivity contribution in [3.8, 4) is 17.6 Å². The van der Waals surface area contributed by atoms with Gasteiger partial charge in [0, 0.05) is 5.56 Å². The average Bonchev–Trinajstić information content (AvgIpc) is 2.69. The van der Waals surface area contributed by atoms with E-state index in [1.54, 1.807) is 18.2 Å². The van der Waals surface area contributed by atoms with Crippen LogP contribution in [0.3, 0.4) is 0 Å². The van der Waals surface area contributed by atoms with Crippen molar-refractivity contribution in [3.63, 3.8) is 0 Å². The smallest absolute Gasteiger partial charge is 0.408 e. The van der Waals surface area contributed by atoms with Crippen LogP contribution in [0.5, 0.6) is 5.75 Å². The van der Waals surface area contributed by atoms with E-state index in [-0.39, 0.29) is 13.2 Å². The molecule has 0 fully saturated rings. The lowest BCUT2D eigenvalue weighted by atomic mass is 10.1. The fourth-order valence-electron chi connectivity index (χ4n) is 2.08. The first kappa shape index (κ1) is 18.9. The van der Waals surface area contributed by atoms with E-state index >= 15 is 0 Å². The van der Waals surface area contributed by atoms with Gasteiger partial charge in [-0.2, -0.15) is 0 Å². The van der Waals surface area contributed by atoms with Crippen molar-refractivity contribution in [2.24, 2.45) is 0 Å². The zero-order valence-electron chi connectivity index (χ0n) is 14.6. The minimum absolute atomic E-state index is 0.134. The summed E-state index contributed by atoms with van der Waals surface area (Å²) < 4.78 is 14.9. The summed E-state index contributed by atoms with van der Waals surface area (Å²) >= 11 is 0. The van der Waals surface area contributed by atoms with Crippen LogP contribution in [-0.4, -0.2) is 32.8 Å². The molecule has 134 valence electrons. The first-order valence-electron chi connectivity index (χ1n) is 7.84. The van der Waals surface area contributed by atoms with E-state index in [0.29, 0.717) is 16.9 Å². The molecule has 2 rings (SSSR count). The molecule has 0 atom stereocenters. The Morgan fingerprint density at radius 2 is 1.85 bits per heavy atom. The van der Waals surface area contributed by atoms with Gasteiger partial charge >= 0.3 is 12.1 Å². The Balaban J connectivity index is 1.85. The van der Waals surface area contributed by atoms with Crippen molar-refractivity contribution >= 4 is 12.1 Å². The number of carbonyl (C=O) groups excluding carboxylic acids is 2. The molecule has 0 aromatic heterocycles. The number of alkyl carbamates (subject to hydrolysis) is 1. The molecule has 0 saturated carbocycles. The molecule has 0 spiro atoms. The van der Waals surface area contributed by atoms with E-state index in [9.17, 15) is 9.59 Å². The SMILES string of the molecule is COC(=O)c1ccc(C#CCNC(=O)OCc2ccccc2)cc1OC. The third-order valence-electron chi connectivity index (χ3n) is 3.37. The van der Waals surface area contributed by atoms with Crippen LogP contribution in [0, 0.1) is 11.8 Å². The first-order chi connectivity index (χ1) is 12.6. The molecule has 1 N–H and O–H groups in total. The van der Waals surface area contributed by atoms with E-state index in [0.717, 1.165) is 5.56 Å². The number of ether oxygens (including phenoxy) is 3. The second kappa shape index (κ2) is 9.74. The van der Waals surface area contributed by atoms with Gasteiger partial charge in [0.05, 0.1) is 20.8 Å². The number of carbonyl (C=O) groups is 2. The van der Waals surface area contributed by atoms with E-state index in [2.05, 4.69) is 21.9 Å². The summed E-state index contributed by atoms with van der Waals surface area (Å²) in [4.78, 5) is 23.2. The molecule has 0 aliphatic carbocycles. The molecule has 2 aromatic carbocycles. The van der Waals surface area contributed by atoms with Crippen molar-refractivity contribution in [2.75, 3.05) is 20.8 Å². The van der Waals surface area contributed by atoms with Crippen LogP contribution in [0.1, 0.15) is 21.5 Å². The number of rotatable bonds is 5. The molecule has 0 saturated heterocycles. The molecule has 1 amide bonds. The predicted octanol–water partition coefficient (Wildman–Crippen LogP) is 2.76. The summed E-state index contributed by atoms with van der Waals surface area (Å²) in [6.07, 6.45) is -0.540. The van der Waals surface area contributed by atoms with Gasteiger partial charge in [-0.3, -0.25) is 0 Å². The first-order valence-corrected chi connectivity index (χ1v) is 7.84. The Morgan fingerprint density at radius 3 is 2.54 bits per heavy atom. The summed E-state index contributed by atoms with van der Waals surface area (Å²) in [6, 6.07) is 14.3. The van der Waals surface area contributed by atoms with E-state index in [1.807, 2.05) is 30.3 Å². The lowest BCUT2D eigenvalue weighted by molar-refractivity contribution is 0.0597. The van der Waals surface area contributed by atoms with Gasteiger partial charge in [0.15, 0.2) is 0 Å². The normalized spacial score (nSPS) is 9.46. The predicted molar refractivity (Wildman–Crippen MR) is 95.8 cm³/mol. The zero-order valence-corrected chi connectivity index (χ0v) is 14.6. The molecular weight excluding hydrogens is 334 g/mol. The van der Waals surface area contributed by atoms with Crippen LogP contribution in [0.25, 0.3) is 0 Å². The van der Waals surface area contributed by atoms with E-state index < -0.39 is 12.1 Å². The van der Waals surface area contributed by atoms with Crippen LogP contribution < -0.4 is 10.1 Å². The highest BCUT2D eigenvalue weighted by molar-refractivity contribution is 5.92. The Labute approximate surface area is 152 Å². The molecule has 6 nitrogen and oxygen atoms in total. The van der Waals surface area contributed by atoms with Gasteiger partial charge in [0.25, 0.3) is 0 Å². The summed E-state index contributed by atoms with van der Waals surface area (Å²) in [5.74, 6) is 5.58. The lowest BCUT2D eigenvalue weighted by Crippen LogP contribution is -2.24. The summed E-state index contributed by atoms with van der Waals surface area (Å²) in [6.45, 7) is 0.334. The standard InChI is InChI=1S/C20H19NO5/c1-24-18-13-15(10-11-17(18)19(22)25-2)9-6-12-21-20(23)26-14-16-7-4-3-5-8-16/h3-5,7-8,10-11,13H,12,14H2,1-2H3,(H,21,23). The van der Waals surface area contributed by atoms with E-state index in [1.165, 1.54) is 14.2 Å². The highest BCUT2D eigenvalue weighted by Gasteiger charge is 2.12. The Morgan fingerprint density at radius 1 is 1.08 bits per heavy atom. The summed E-state index contributed by atoms with van der Waals surface area (Å²) in [5, 5.41) is 2.55. The van der Waals surface area contributed by atoms with Crippen LogP contribution in [0.4, 0.5) is 4.79 Å². The average molecular weight is 353 g/mol. The largest absolute Gasteiger partial charge is 0.496 e. The zero-order chi connectivity index (χ0) is 18.8.